The van der Waals surface area contributed by atoms with Crippen LogP contribution in [0.15, 0.2) is 71.5 Å². The van der Waals surface area contributed by atoms with E-state index in [-0.39, 0.29) is 22.0 Å². The lowest BCUT2D eigenvalue weighted by atomic mass is 10.1. The second-order valence-corrected chi connectivity index (χ2v) is 6.79. The third-order valence-corrected chi connectivity index (χ3v) is 4.83. The van der Waals surface area contributed by atoms with Crippen LogP contribution in [-0.2, 0) is 0 Å². The summed E-state index contributed by atoms with van der Waals surface area (Å²) in [4.78, 5) is 26.0. The maximum Gasteiger partial charge on any atom is 0.279 e. The summed E-state index contributed by atoms with van der Waals surface area (Å²) in [5.41, 5.74) is 0.366. The van der Waals surface area contributed by atoms with Crippen LogP contribution in [0, 0.1) is 5.82 Å². The molecular formula is C22H15ClFN3O3. The molecule has 4 rings (SSSR count). The first kappa shape index (κ1) is 19.6. The summed E-state index contributed by atoms with van der Waals surface area (Å²) in [5, 5.41) is 7.71. The molecule has 1 aromatic heterocycles. The molecule has 0 bridgehead atoms. The first-order chi connectivity index (χ1) is 14.5. The summed E-state index contributed by atoms with van der Waals surface area (Å²) in [7, 11) is 1.54. The maximum atomic E-state index is 13.3. The SMILES string of the molecule is COc1ccc(-n2nc(C(=O)Nc3ccc(F)cc3Cl)c3ccccc3c2=O)cc1. The van der Waals surface area contributed by atoms with E-state index in [0.29, 0.717) is 22.2 Å². The minimum atomic E-state index is -0.582. The Morgan fingerprint density at radius 2 is 1.77 bits per heavy atom. The Labute approximate surface area is 175 Å². The van der Waals surface area contributed by atoms with Crippen LogP contribution in [0.5, 0.6) is 5.75 Å². The van der Waals surface area contributed by atoms with Crippen molar-refractivity contribution in [2.24, 2.45) is 0 Å². The van der Waals surface area contributed by atoms with E-state index >= 15 is 0 Å². The third-order valence-electron chi connectivity index (χ3n) is 4.52. The average Bonchev–Trinajstić information content (AvgIpc) is 2.76. The molecule has 0 radical (unpaired) electrons. The number of halogens is 2. The van der Waals surface area contributed by atoms with Gasteiger partial charge < -0.3 is 10.1 Å². The Morgan fingerprint density at radius 3 is 2.43 bits per heavy atom. The summed E-state index contributed by atoms with van der Waals surface area (Å²) in [6.07, 6.45) is 0. The number of anilines is 1. The van der Waals surface area contributed by atoms with Crippen molar-refractivity contribution in [3.63, 3.8) is 0 Å². The fourth-order valence-corrected chi connectivity index (χ4v) is 3.24. The van der Waals surface area contributed by atoms with Crippen LogP contribution in [0.1, 0.15) is 10.5 Å². The summed E-state index contributed by atoms with van der Waals surface area (Å²) in [6, 6.07) is 17.0. The Hall–Kier alpha value is -3.71. The molecule has 0 aliphatic carbocycles. The first-order valence-corrected chi connectivity index (χ1v) is 9.28. The number of nitrogens with one attached hydrogen (secondary N) is 1. The number of methoxy groups -OCH3 is 1. The molecule has 0 saturated heterocycles. The predicted octanol–water partition coefficient (Wildman–Crippen LogP) is 4.44. The summed E-state index contributed by atoms with van der Waals surface area (Å²) >= 11 is 6.02. The smallest absolute Gasteiger partial charge is 0.279 e. The second-order valence-electron chi connectivity index (χ2n) is 6.39. The van der Waals surface area contributed by atoms with Gasteiger partial charge in [-0.1, -0.05) is 29.8 Å². The molecule has 0 saturated carbocycles. The van der Waals surface area contributed by atoms with E-state index in [2.05, 4.69) is 10.4 Å². The van der Waals surface area contributed by atoms with Crippen LogP contribution < -0.4 is 15.6 Å². The molecule has 1 amide bonds. The molecule has 0 unspecified atom stereocenters. The lowest BCUT2D eigenvalue weighted by Gasteiger charge is -2.12. The number of hydrogen-bond acceptors (Lipinski definition) is 4. The molecule has 1 N–H and O–H groups in total. The molecule has 0 spiro atoms. The molecule has 3 aromatic carbocycles. The molecule has 30 heavy (non-hydrogen) atoms. The van der Waals surface area contributed by atoms with Gasteiger partial charge in [0, 0.05) is 5.39 Å². The van der Waals surface area contributed by atoms with E-state index in [1.165, 1.54) is 12.1 Å². The minimum absolute atomic E-state index is 0.0291. The number of nitrogens with zero attached hydrogens (tertiary/aromatic N) is 2. The third kappa shape index (κ3) is 3.62. The van der Waals surface area contributed by atoms with E-state index in [1.807, 2.05) is 0 Å². The zero-order chi connectivity index (χ0) is 21.3. The van der Waals surface area contributed by atoms with Crippen molar-refractivity contribution in [2.45, 2.75) is 0 Å². The number of benzene rings is 3. The summed E-state index contributed by atoms with van der Waals surface area (Å²) in [5.74, 6) is -0.479. The van der Waals surface area contributed by atoms with Crippen LogP contribution in [-0.4, -0.2) is 22.8 Å². The number of carbonyl (C=O) groups excluding carboxylic acids is 1. The highest BCUT2D eigenvalue weighted by molar-refractivity contribution is 6.34. The molecule has 8 heteroatoms. The molecule has 4 aromatic rings. The van der Waals surface area contributed by atoms with Gasteiger partial charge in [0.1, 0.15) is 11.6 Å². The molecule has 6 nitrogen and oxygen atoms in total. The van der Waals surface area contributed by atoms with Gasteiger partial charge in [-0.2, -0.15) is 9.78 Å². The largest absolute Gasteiger partial charge is 0.497 e. The average molecular weight is 424 g/mol. The van der Waals surface area contributed by atoms with Crippen LogP contribution in [0.3, 0.4) is 0 Å². The molecule has 0 aliphatic rings. The van der Waals surface area contributed by atoms with Crippen molar-refractivity contribution in [3.05, 3.63) is 93.6 Å². The zero-order valence-corrected chi connectivity index (χ0v) is 16.5. The summed E-state index contributed by atoms with van der Waals surface area (Å²) < 4.78 is 19.6. The van der Waals surface area contributed by atoms with Gasteiger partial charge in [0.2, 0.25) is 0 Å². The second kappa shape index (κ2) is 7.96. The number of aromatic nitrogens is 2. The number of ether oxygens (including phenoxy) is 1. The molecule has 0 fully saturated rings. The van der Waals surface area contributed by atoms with Crippen molar-refractivity contribution in [1.29, 1.82) is 0 Å². The number of fused-ring (bicyclic) bond motifs is 1. The van der Waals surface area contributed by atoms with Gasteiger partial charge in [0.15, 0.2) is 5.69 Å². The highest BCUT2D eigenvalue weighted by Gasteiger charge is 2.18. The maximum absolute atomic E-state index is 13.3. The highest BCUT2D eigenvalue weighted by Crippen LogP contribution is 2.24. The van der Waals surface area contributed by atoms with Crippen LogP contribution in [0.4, 0.5) is 10.1 Å². The van der Waals surface area contributed by atoms with E-state index in [1.54, 1.807) is 55.6 Å². The van der Waals surface area contributed by atoms with Gasteiger partial charge in [-0.05, 0) is 48.5 Å². The standard InChI is InChI=1S/C22H15ClFN3O3/c1-30-15-9-7-14(8-10-15)27-22(29)17-5-3-2-4-16(17)20(26-27)21(28)25-19-11-6-13(24)12-18(19)23/h2-12H,1H3,(H,25,28). The Kier molecular flexibility index (Phi) is 5.20. The van der Waals surface area contributed by atoms with Crippen molar-refractivity contribution in [2.75, 3.05) is 12.4 Å². The van der Waals surface area contributed by atoms with Gasteiger partial charge in [-0.25, -0.2) is 4.39 Å². The summed E-state index contributed by atoms with van der Waals surface area (Å²) in [6.45, 7) is 0. The molecule has 0 aliphatic heterocycles. The van der Waals surface area contributed by atoms with Gasteiger partial charge >= 0.3 is 0 Å². The number of rotatable bonds is 4. The monoisotopic (exact) mass is 423 g/mol. The Morgan fingerprint density at radius 1 is 1.07 bits per heavy atom. The topological polar surface area (TPSA) is 73.2 Å². The highest BCUT2D eigenvalue weighted by atomic mass is 35.5. The Bertz CT molecular complexity index is 1320. The molecular weight excluding hydrogens is 409 g/mol. The number of carbonyl (C=O) groups is 1. The fourth-order valence-electron chi connectivity index (χ4n) is 3.03. The quantitative estimate of drug-likeness (QED) is 0.526. The van der Waals surface area contributed by atoms with Crippen LogP contribution in [0.2, 0.25) is 5.02 Å². The zero-order valence-electron chi connectivity index (χ0n) is 15.7. The van der Waals surface area contributed by atoms with Gasteiger partial charge in [-0.3, -0.25) is 9.59 Å². The lowest BCUT2D eigenvalue weighted by Crippen LogP contribution is -2.26. The van der Waals surface area contributed by atoms with Gasteiger partial charge in [0.05, 0.1) is 28.9 Å². The van der Waals surface area contributed by atoms with Crippen LogP contribution >= 0.6 is 11.6 Å². The van der Waals surface area contributed by atoms with Crippen molar-refractivity contribution < 1.29 is 13.9 Å². The van der Waals surface area contributed by atoms with Crippen molar-refractivity contribution >= 4 is 34.0 Å². The van der Waals surface area contributed by atoms with E-state index in [9.17, 15) is 14.0 Å². The fraction of sp³-hybridized carbons (Fsp3) is 0.0455. The Balaban J connectivity index is 1.85. The molecule has 0 atom stereocenters. The lowest BCUT2D eigenvalue weighted by molar-refractivity contribution is 0.102. The molecule has 1 heterocycles. The van der Waals surface area contributed by atoms with E-state index in [4.69, 9.17) is 16.3 Å². The minimum Gasteiger partial charge on any atom is -0.497 e. The molecule has 150 valence electrons. The normalized spacial score (nSPS) is 10.8. The van der Waals surface area contributed by atoms with E-state index < -0.39 is 11.7 Å². The van der Waals surface area contributed by atoms with Gasteiger partial charge in [0.25, 0.3) is 11.5 Å². The first-order valence-electron chi connectivity index (χ1n) is 8.91. The van der Waals surface area contributed by atoms with E-state index in [0.717, 1.165) is 10.7 Å². The van der Waals surface area contributed by atoms with Crippen molar-refractivity contribution in [3.8, 4) is 11.4 Å². The van der Waals surface area contributed by atoms with Crippen LogP contribution in [0.25, 0.3) is 16.5 Å². The predicted molar refractivity (Wildman–Crippen MR) is 113 cm³/mol. The van der Waals surface area contributed by atoms with Crippen molar-refractivity contribution in [1.82, 2.24) is 9.78 Å². The number of amides is 1. The number of hydrogen-bond donors (Lipinski definition) is 1. The van der Waals surface area contributed by atoms with Gasteiger partial charge in [-0.15, -0.1) is 0 Å².